The van der Waals surface area contributed by atoms with Crippen LogP contribution in [0.25, 0.3) is 0 Å². The summed E-state index contributed by atoms with van der Waals surface area (Å²) in [6.07, 6.45) is 1.54. The van der Waals surface area contributed by atoms with Gasteiger partial charge < -0.3 is 9.73 Å². The van der Waals surface area contributed by atoms with E-state index in [2.05, 4.69) is 25.8 Å². The molecular formula is C15H21F3N6OS. The molecule has 0 amide bonds. The number of alkyl halides is 3. The van der Waals surface area contributed by atoms with Crippen molar-refractivity contribution in [3.8, 4) is 0 Å². The van der Waals surface area contributed by atoms with Crippen LogP contribution < -0.4 is 5.32 Å². The molecule has 11 heteroatoms. The quantitative estimate of drug-likeness (QED) is 0.625. The Labute approximate surface area is 153 Å². The van der Waals surface area contributed by atoms with E-state index in [1.807, 2.05) is 6.26 Å². The molecule has 1 N–H and O–H groups in total. The van der Waals surface area contributed by atoms with Crippen molar-refractivity contribution in [1.29, 1.82) is 0 Å². The van der Waals surface area contributed by atoms with Gasteiger partial charge in [-0.3, -0.25) is 0 Å². The van der Waals surface area contributed by atoms with Gasteiger partial charge in [0, 0.05) is 6.54 Å². The molecule has 0 aromatic carbocycles. The number of rotatable bonds is 10. The number of hydrogen-bond donors (Lipinski definition) is 1. The number of thioether (sulfide) groups is 1. The summed E-state index contributed by atoms with van der Waals surface area (Å²) in [6.45, 7) is 1.14. The normalized spacial score (nSPS) is 21.1. The Balaban J connectivity index is 1.76. The smallest absolute Gasteiger partial charge is 0.313 e. The molecule has 3 rings (SSSR count). The number of hydrogen-bond acceptors (Lipinski definition) is 7. The van der Waals surface area contributed by atoms with Gasteiger partial charge >= 0.3 is 6.43 Å². The van der Waals surface area contributed by atoms with Gasteiger partial charge in [0.05, 0.1) is 0 Å². The van der Waals surface area contributed by atoms with Crippen molar-refractivity contribution < 1.29 is 17.6 Å². The molecule has 1 aliphatic rings. The van der Waals surface area contributed by atoms with Crippen LogP contribution in [0.2, 0.25) is 0 Å². The van der Waals surface area contributed by atoms with Crippen molar-refractivity contribution in [3.05, 3.63) is 23.7 Å². The van der Waals surface area contributed by atoms with E-state index in [4.69, 9.17) is 4.42 Å². The molecule has 7 nitrogen and oxygen atoms in total. The van der Waals surface area contributed by atoms with Gasteiger partial charge in [-0.1, -0.05) is 0 Å². The summed E-state index contributed by atoms with van der Waals surface area (Å²) in [5.41, 5.74) is 0.289. The maximum Gasteiger partial charge on any atom is 0.313 e. The number of nitrogens with zero attached hydrogens (tertiary/aromatic N) is 5. The first-order valence-corrected chi connectivity index (χ1v) is 9.83. The van der Waals surface area contributed by atoms with E-state index in [0.717, 1.165) is 12.2 Å². The van der Waals surface area contributed by atoms with E-state index in [9.17, 15) is 13.2 Å². The molecule has 2 heterocycles. The lowest BCUT2D eigenvalue weighted by atomic mass is 9.83. The highest BCUT2D eigenvalue weighted by Crippen LogP contribution is 2.31. The molecule has 0 bridgehead atoms. The van der Waals surface area contributed by atoms with Gasteiger partial charge in [-0.2, -0.15) is 20.5 Å². The van der Waals surface area contributed by atoms with Crippen molar-refractivity contribution >= 4 is 11.8 Å². The van der Waals surface area contributed by atoms with Crippen LogP contribution in [0.5, 0.6) is 0 Å². The van der Waals surface area contributed by atoms with Crippen LogP contribution in [0, 0.1) is 5.92 Å². The van der Waals surface area contributed by atoms with E-state index < -0.39 is 24.5 Å². The summed E-state index contributed by atoms with van der Waals surface area (Å²) in [7, 11) is 0. The third-order valence-electron chi connectivity index (χ3n) is 4.35. The second-order valence-corrected chi connectivity index (χ2v) is 7.28. The number of tetrazole rings is 1. The number of aromatic nitrogens is 5. The molecule has 1 fully saturated rings. The van der Waals surface area contributed by atoms with Crippen LogP contribution in [0.3, 0.4) is 0 Å². The molecule has 0 saturated heterocycles. The zero-order chi connectivity index (χ0) is 18.5. The maximum absolute atomic E-state index is 13.0. The van der Waals surface area contributed by atoms with E-state index in [1.54, 1.807) is 16.4 Å². The fourth-order valence-electron chi connectivity index (χ4n) is 2.90. The third kappa shape index (κ3) is 4.56. The standard InChI is InChI=1S/C15H21F3N6OS/c1-26-4-2-3-24-14(21-22-23-24)12(19-7-9-5-10(16)6-9)11-8-25-15(20-11)13(17)18/h8-10,12-13,19H,2-7H2,1H3. The molecule has 1 saturated carbocycles. The summed E-state index contributed by atoms with van der Waals surface area (Å²) >= 11 is 1.72. The van der Waals surface area contributed by atoms with Gasteiger partial charge in [0.15, 0.2) is 5.82 Å². The molecule has 2 aromatic heterocycles. The average molecular weight is 390 g/mol. The lowest BCUT2D eigenvalue weighted by Gasteiger charge is -2.31. The van der Waals surface area contributed by atoms with Gasteiger partial charge in [-0.15, -0.1) is 5.10 Å². The zero-order valence-corrected chi connectivity index (χ0v) is 15.1. The number of oxazole rings is 1. The van der Waals surface area contributed by atoms with Gasteiger partial charge in [-0.05, 0) is 54.2 Å². The van der Waals surface area contributed by atoms with Gasteiger partial charge in [0.25, 0.3) is 5.89 Å². The van der Waals surface area contributed by atoms with E-state index in [0.29, 0.717) is 31.8 Å². The Hall–Kier alpha value is -1.62. The highest BCUT2D eigenvalue weighted by Gasteiger charge is 2.31. The van der Waals surface area contributed by atoms with Crippen molar-refractivity contribution in [2.24, 2.45) is 5.92 Å². The van der Waals surface area contributed by atoms with Crippen LogP contribution in [-0.2, 0) is 6.54 Å². The molecular weight excluding hydrogens is 369 g/mol. The van der Waals surface area contributed by atoms with E-state index in [-0.39, 0.29) is 11.6 Å². The minimum Gasteiger partial charge on any atom is -0.443 e. The van der Waals surface area contributed by atoms with Crippen LogP contribution in [0.15, 0.2) is 10.7 Å². The van der Waals surface area contributed by atoms with Crippen molar-refractivity contribution in [2.75, 3.05) is 18.6 Å². The van der Waals surface area contributed by atoms with Crippen molar-refractivity contribution in [1.82, 2.24) is 30.5 Å². The number of halogens is 3. The Kier molecular flexibility index (Phi) is 6.52. The van der Waals surface area contributed by atoms with Crippen LogP contribution >= 0.6 is 11.8 Å². The highest BCUT2D eigenvalue weighted by atomic mass is 32.2. The predicted octanol–water partition coefficient (Wildman–Crippen LogP) is 2.78. The molecule has 1 aliphatic carbocycles. The van der Waals surface area contributed by atoms with Crippen LogP contribution in [0.4, 0.5) is 13.2 Å². The molecule has 1 unspecified atom stereocenters. The minimum atomic E-state index is -2.79. The molecule has 1 atom stereocenters. The van der Waals surface area contributed by atoms with Crippen LogP contribution in [0.1, 0.15) is 49.1 Å². The van der Waals surface area contributed by atoms with Gasteiger partial charge in [-0.25, -0.2) is 14.1 Å². The first-order valence-electron chi connectivity index (χ1n) is 8.44. The number of aryl methyl sites for hydroxylation is 1. The van der Waals surface area contributed by atoms with Crippen LogP contribution in [-0.4, -0.2) is 49.9 Å². The molecule has 0 radical (unpaired) electrons. The lowest BCUT2D eigenvalue weighted by Crippen LogP contribution is -2.37. The highest BCUT2D eigenvalue weighted by molar-refractivity contribution is 7.98. The Bertz CT molecular complexity index is 690. The molecule has 26 heavy (non-hydrogen) atoms. The second kappa shape index (κ2) is 8.85. The largest absolute Gasteiger partial charge is 0.443 e. The van der Waals surface area contributed by atoms with Crippen molar-refractivity contribution in [3.63, 3.8) is 0 Å². The fourth-order valence-corrected chi connectivity index (χ4v) is 3.32. The SMILES string of the molecule is CSCCCn1nnnc1C(NCC1CC(F)C1)c1coc(C(F)F)n1. The Morgan fingerprint density at radius 2 is 2.23 bits per heavy atom. The third-order valence-corrected chi connectivity index (χ3v) is 5.04. The van der Waals surface area contributed by atoms with E-state index in [1.165, 1.54) is 6.26 Å². The fraction of sp³-hybridized carbons (Fsp3) is 0.733. The summed E-state index contributed by atoms with van der Waals surface area (Å²) in [5.74, 6) is 1.00. The maximum atomic E-state index is 13.0. The van der Waals surface area contributed by atoms with E-state index >= 15 is 0 Å². The Morgan fingerprint density at radius 1 is 1.42 bits per heavy atom. The summed E-state index contributed by atoms with van der Waals surface area (Å²) in [6, 6.07) is -0.589. The first-order chi connectivity index (χ1) is 12.6. The Morgan fingerprint density at radius 3 is 2.88 bits per heavy atom. The van der Waals surface area contributed by atoms with Gasteiger partial charge in [0.2, 0.25) is 0 Å². The predicted molar refractivity (Wildman–Crippen MR) is 89.7 cm³/mol. The average Bonchev–Trinajstić information content (AvgIpc) is 3.24. The molecule has 0 spiro atoms. The number of nitrogens with one attached hydrogen (secondary N) is 1. The second-order valence-electron chi connectivity index (χ2n) is 6.29. The lowest BCUT2D eigenvalue weighted by molar-refractivity contribution is 0.115. The van der Waals surface area contributed by atoms with Gasteiger partial charge in [0.1, 0.15) is 24.2 Å². The summed E-state index contributed by atoms with van der Waals surface area (Å²) in [4.78, 5) is 3.87. The monoisotopic (exact) mass is 390 g/mol. The first kappa shape index (κ1) is 19.2. The zero-order valence-electron chi connectivity index (χ0n) is 14.3. The topological polar surface area (TPSA) is 81.7 Å². The molecule has 2 aromatic rings. The summed E-state index contributed by atoms with van der Waals surface area (Å²) in [5, 5.41) is 15.0. The molecule has 0 aliphatic heterocycles. The molecule has 144 valence electrons. The van der Waals surface area contributed by atoms with Crippen molar-refractivity contribution in [2.45, 2.75) is 44.4 Å². The minimum absolute atomic E-state index is 0.204. The summed E-state index contributed by atoms with van der Waals surface area (Å²) < 4.78 is 45.2.